The molecule has 22 heavy (non-hydrogen) atoms. The van der Waals surface area contributed by atoms with Gasteiger partial charge >= 0.3 is 5.69 Å². The summed E-state index contributed by atoms with van der Waals surface area (Å²) in [5.41, 5.74) is 10.6. The number of amides is 1. The van der Waals surface area contributed by atoms with Crippen molar-refractivity contribution in [2.45, 2.75) is 31.1 Å². The molecule has 9 nitrogen and oxygen atoms in total. The van der Waals surface area contributed by atoms with E-state index in [1.807, 2.05) is 0 Å². The number of hydrogen-bond donors (Lipinski definition) is 3. The number of nitrogen functional groups attached to an aromatic ring is 1. The predicted octanol–water partition coefficient (Wildman–Crippen LogP) is 0.669. The van der Waals surface area contributed by atoms with Crippen LogP contribution in [0, 0.1) is 16.0 Å². The molecule has 2 saturated heterocycles. The molecule has 2 aliphatic heterocycles. The second kappa shape index (κ2) is 5.25. The molecule has 0 spiro atoms. The standard InChI is InChI=1S/C12H14ClN5O4/c13-4-3-16-11(14)10(18(20)21)8(4)17-9-6-2-1-5(22-6)7(9)12(15)19/h3,5-7,9H,1-2H2,(H2,15,19)(H3,14,16,17)/t5-,6+,7-,9+/m0/s1. The number of primary amides is 1. The number of halogens is 1. The van der Waals surface area contributed by atoms with E-state index in [1.54, 1.807) is 0 Å². The fourth-order valence-corrected chi connectivity index (χ4v) is 3.40. The maximum Gasteiger partial charge on any atom is 0.335 e. The lowest BCUT2D eigenvalue weighted by Gasteiger charge is -2.27. The molecule has 1 aromatic heterocycles. The van der Waals surface area contributed by atoms with Gasteiger partial charge in [-0.05, 0) is 12.8 Å². The molecule has 5 N–H and O–H groups in total. The van der Waals surface area contributed by atoms with Gasteiger partial charge in [-0.3, -0.25) is 14.9 Å². The van der Waals surface area contributed by atoms with Crippen LogP contribution in [-0.4, -0.2) is 34.1 Å². The number of carbonyl (C=O) groups is 1. The summed E-state index contributed by atoms with van der Waals surface area (Å²) in [7, 11) is 0. The van der Waals surface area contributed by atoms with Gasteiger partial charge in [0, 0.05) is 0 Å². The zero-order valence-corrected chi connectivity index (χ0v) is 12.1. The molecule has 3 heterocycles. The Morgan fingerprint density at radius 1 is 1.50 bits per heavy atom. The molecule has 4 atom stereocenters. The van der Waals surface area contributed by atoms with E-state index in [4.69, 9.17) is 27.8 Å². The van der Waals surface area contributed by atoms with Crippen LogP contribution in [0.2, 0.25) is 5.02 Å². The first kappa shape index (κ1) is 14.8. The van der Waals surface area contributed by atoms with Gasteiger partial charge in [0.1, 0.15) is 5.69 Å². The first-order chi connectivity index (χ1) is 10.4. The number of hydrogen-bond acceptors (Lipinski definition) is 7. The number of nitrogens with zero attached hydrogens (tertiary/aromatic N) is 2. The molecule has 2 bridgehead atoms. The van der Waals surface area contributed by atoms with E-state index in [2.05, 4.69) is 10.3 Å². The molecule has 1 aromatic rings. The second-order valence-corrected chi connectivity index (χ2v) is 5.77. The molecule has 118 valence electrons. The molecular weight excluding hydrogens is 314 g/mol. The predicted molar refractivity (Wildman–Crippen MR) is 78.3 cm³/mol. The largest absolute Gasteiger partial charge is 0.378 e. The third-order valence-corrected chi connectivity index (χ3v) is 4.42. The van der Waals surface area contributed by atoms with E-state index in [1.165, 1.54) is 6.20 Å². The fourth-order valence-electron chi connectivity index (χ4n) is 3.20. The lowest BCUT2D eigenvalue weighted by atomic mass is 9.84. The van der Waals surface area contributed by atoms with Crippen molar-refractivity contribution in [2.24, 2.45) is 11.7 Å². The molecule has 10 heteroatoms. The van der Waals surface area contributed by atoms with Gasteiger partial charge in [-0.2, -0.15) is 0 Å². The Morgan fingerprint density at radius 2 is 2.18 bits per heavy atom. The van der Waals surface area contributed by atoms with Crippen molar-refractivity contribution in [2.75, 3.05) is 11.1 Å². The maximum atomic E-state index is 11.7. The molecule has 1 amide bonds. The third-order valence-electron chi connectivity index (χ3n) is 4.13. The van der Waals surface area contributed by atoms with Gasteiger partial charge in [-0.15, -0.1) is 0 Å². The minimum atomic E-state index is -0.663. The molecule has 3 rings (SSSR count). The van der Waals surface area contributed by atoms with Crippen molar-refractivity contribution in [1.82, 2.24) is 4.98 Å². The Labute approximate surface area is 130 Å². The lowest BCUT2D eigenvalue weighted by Crippen LogP contribution is -2.45. The molecule has 2 fully saturated rings. The summed E-state index contributed by atoms with van der Waals surface area (Å²) < 4.78 is 5.68. The average Bonchev–Trinajstić information content (AvgIpc) is 3.03. The fraction of sp³-hybridized carbons (Fsp3) is 0.500. The highest BCUT2D eigenvalue weighted by Crippen LogP contribution is 2.43. The molecule has 0 unspecified atom stereocenters. The van der Waals surface area contributed by atoms with Crippen LogP contribution in [0.5, 0.6) is 0 Å². The number of nitrogens with two attached hydrogens (primary N) is 2. The van der Waals surface area contributed by atoms with E-state index in [9.17, 15) is 14.9 Å². The van der Waals surface area contributed by atoms with Gasteiger partial charge in [0.2, 0.25) is 11.7 Å². The minimum absolute atomic E-state index is 0.0339. The number of ether oxygens (including phenoxy) is 1. The number of fused-ring (bicyclic) bond motifs is 2. The minimum Gasteiger partial charge on any atom is -0.378 e. The van der Waals surface area contributed by atoms with Gasteiger partial charge in [0.25, 0.3) is 0 Å². The third kappa shape index (κ3) is 2.22. The zero-order chi connectivity index (χ0) is 16.0. The Balaban J connectivity index is 1.98. The van der Waals surface area contributed by atoms with Crippen LogP contribution in [0.3, 0.4) is 0 Å². The molecule has 0 saturated carbocycles. The Kier molecular flexibility index (Phi) is 3.53. The second-order valence-electron chi connectivity index (χ2n) is 5.36. The quantitative estimate of drug-likeness (QED) is 0.543. The maximum absolute atomic E-state index is 11.7. The van der Waals surface area contributed by atoms with E-state index >= 15 is 0 Å². The van der Waals surface area contributed by atoms with Gasteiger partial charge in [-0.1, -0.05) is 11.6 Å². The number of anilines is 2. The number of rotatable bonds is 4. The van der Waals surface area contributed by atoms with Crippen molar-refractivity contribution in [1.29, 1.82) is 0 Å². The van der Waals surface area contributed by atoms with Crippen molar-refractivity contribution < 1.29 is 14.5 Å². The molecule has 0 aliphatic carbocycles. The lowest BCUT2D eigenvalue weighted by molar-refractivity contribution is -0.383. The van der Waals surface area contributed by atoms with Crippen molar-refractivity contribution in [3.05, 3.63) is 21.3 Å². The smallest absolute Gasteiger partial charge is 0.335 e. The summed E-state index contributed by atoms with van der Waals surface area (Å²) in [5, 5.41) is 14.2. The summed E-state index contributed by atoms with van der Waals surface area (Å²) >= 11 is 6.01. The summed E-state index contributed by atoms with van der Waals surface area (Å²) in [6.45, 7) is 0. The zero-order valence-electron chi connectivity index (χ0n) is 11.4. The highest BCUT2D eigenvalue weighted by molar-refractivity contribution is 6.33. The first-order valence-electron chi connectivity index (χ1n) is 6.69. The first-order valence-corrected chi connectivity index (χ1v) is 7.07. The van der Waals surface area contributed by atoms with Gasteiger partial charge < -0.3 is 21.5 Å². The van der Waals surface area contributed by atoms with Crippen molar-refractivity contribution in [3.8, 4) is 0 Å². The van der Waals surface area contributed by atoms with Gasteiger partial charge in [-0.25, -0.2) is 4.98 Å². The molecule has 2 aliphatic rings. The van der Waals surface area contributed by atoms with Crippen LogP contribution in [0.25, 0.3) is 0 Å². The van der Waals surface area contributed by atoms with E-state index in [-0.39, 0.29) is 28.7 Å². The van der Waals surface area contributed by atoms with E-state index in [0.717, 1.165) is 12.8 Å². The SMILES string of the molecule is NC(=O)[C@@H]1[C@H](Nc2c(Cl)cnc(N)c2[N+](=O)[O-])[C@H]2CC[C@@H]1O2. The van der Waals surface area contributed by atoms with E-state index < -0.39 is 28.5 Å². The monoisotopic (exact) mass is 327 g/mol. The number of nitro groups is 1. The van der Waals surface area contributed by atoms with Crippen LogP contribution in [0.1, 0.15) is 12.8 Å². The normalized spacial score (nSPS) is 29.5. The highest BCUT2D eigenvalue weighted by Gasteiger charge is 2.52. The molecule has 0 aromatic carbocycles. The highest BCUT2D eigenvalue weighted by atomic mass is 35.5. The molecule has 0 radical (unpaired) electrons. The number of carbonyl (C=O) groups excluding carboxylic acids is 1. The molecular formula is C12H14ClN5O4. The summed E-state index contributed by atoms with van der Waals surface area (Å²) in [4.78, 5) is 25.9. The number of nitrogens with one attached hydrogen (secondary N) is 1. The topological polar surface area (TPSA) is 146 Å². The number of aromatic nitrogens is 1. The van der Waals surface area contributed by atoms with E-state index in [0.29, 0.717) is 0 Å². The Hall–Kier alpha value is -2.13. The average molecular weight is 328 g/mol. The van der Waals surface area contributed by atoms with Crippen LogP contribution >= 0.6 is 11.6 Å². The Morgan fingerprint density at radius 3 is 2.82 bits per heavy atom. The van der Waals surface area contributed by atoms with Crippen LogP contribution in [0.15, 0.2) is 6.20 Å². The summed E-state index contributed by atoms with van der Waals surface area (Å²) in [5.74, 6) is -1.33. The van der Waals surface area contributed by atoms with Crippen LogP contribution in [-0.2, 0) is 9.53 Å². The van der Waals surface area contributed by atoms with Crippen molar-refractivity contribution >= 4 is 34.7 Å². The summed E-state index contributed by atoms with van der Waals surface area (Å²) in [6.07, 6.45) is 2.20. The van der Waals surface area contributed by atoms with Gasteiger partial charge in [0.05, 0.1) is 40.3 Å². The van der Waals surface area contributed by atoms with Crippen LogP contribution in [0.4, 0.5) is 17.2 Å². The van der Waals surface area contributed by atoms with Crippen molar-refractivity contribution in [3.63, 3.8) is 0 Å². The summed E-state index contributed by atoms with van der Waals surface area (Å²) in [6, 6.07) is -0.478. The number of pyridine rings is 1. The van der Waals surface area contributed by atoms with Gasteiger partial charge in [0.15, 0.2) is 0 Å². The van der Waals surface area contributed by atoms with Crippen LogP contribution < -0.4 is 16.8 Å². The Bertz CT molecular complexity index is 655.